The fraction of sp³-hybridized carbons (Fsp3) is 0.800. The van der Waals surface area contributed by atoms with Crippen LogP contribution in [0.25, 0.3) is 0 Å². The van der Waals surface area contributed by atoms with Crippen LogP contribution in [0.4, 0.5) is 0 Å². The monoisotopic (exact) mass is 167 g/mol. The first-order valence-corrected chi connectivity index (χ1v) is 4.94. The van der Waals surface area contributed by atoms with Crippen LogP contribution < -0.4 is 5.73 Å². The van der Waals surface area contributed by atoms with E-state index >= 15 is 0 Å². The van der Waals surface area contributed by atoms with Crippen LogP contribution in [0.1, 0.15) is 32.1 Å². The molecule has 0 radical (unpaired) electrons. The van der Waals surface area contributed by atoms with Gasteiger partial charge in [-0.2, -0.15) is 0 Å². The number of nitrogens with two attached hydrogens (primary N) is 1. The lowest BCUT2D eigenvalue weighted by Crippen LogP contribution is -2.35. The molecule has 1 heterocycles. The fourth-order valence-corrected chi connectivity index (χ4v) is 2.12. The van der Waals surface area contributed by atoms with Gasteiger partial charge >= 0.3 is 0 Å². The molecule has 0 bridgehead atoms. The fourth-order valence-electron chi connectivity index (χ4n) is 2.12. The minimum atomic E-state index is 0.190. The highest BCUT2D eigenvalue weighted by Gasteiger charge is 2.26. The summed E-state index contributed by atoms with van der Waals surface area (Å²) in [5.74, 6) is 0. The summed E-state index contributed by atoms with van der Waals surface area (Å²) in [6.07, 6.45) is 8.65. The molecule has 2 aliphatic rings. The first-order chi connectivity index (χ1) is 5.88. The van der Waals surface area contributed by atoms with Crippen molar-refractivity contribution < 1.29 is 4.74 Å². The lowest BCUT2D eigenvalue weighted by Gasteiger charge is -2.19. The molecule has 12 heavy (non-hydrogen) atoms. The van der Waals surface area contributed by atoms with Crippen LogP contribution in [0.2, 0.25) is 0 Å². The zero-order valence-electron chi connectivity index (χ0n) is 7.46. The molecule has 68 valence electrons. The lowest BCUT2D eigenvalue weighted by atomic mass is 10.00. The van der Waals surface area contributed by atoms with Gasteiger partial charge in [0.05, 0.1) is 12.1 Å². The minimum Gasteiger partial charge on any atom is -0.376 e. The van der Waals surface area contributed by atoms with E-state index < -0.39 is 0 Å². The summed E-state index contributed by atoms with van der Waals surface area (Å²) in [4.78, 5) is 0. The van der Waals surface area contributed by atoms with Gasteiger partial charge < -0.3 is 10.5 Å². The van der Waals surface area contributed by atoms with Crippen molar-refractivity contribution in [1.29, 1.82) is 0 Å². The molecule has 0 aromatic carbocycles. The van der Waals surface area contributed by atoms with Gasteiger partial charge in [-0.15, -0.1) is 0 Å². The highest BCUT2D eigenvalue weighted by Crippen LogP contribution is 2.26. The van der Waals surface area contributed by atoms with E-state index in [0.29, 0.717) is 6.10 Å². The van der Waals surface area contributed by atoms with Crippen LogP contribution in [0.15, 0.2) is 11.6 Å². The number of ether oxygens (including phenoxy) is 1. The van der Waals surface area contributed by atoms with Crippen molar-refractivity contribution in [2.75, 3.05) is 6.61 Å². The Morgan fingerprint density at radius 2 is 2.42 bits per heavy atom. The maximum absolute atomic E-state index is 6.09. The number of hydrogen-bond donors (Lipinski definition) is 1. The molecule has 0 aromatic heterocycles. The molecule has 1 aliphatic heterocycles. The van der Waals surface area contributed by atoms with Crippen molar-refractivity contribution >= 4 is 0 Å². The molecular weight excluding hydrogens is 150 g/mol. The molecule has 0 spiro atoms. The normalized spacial score (nSPS) is 32.1. The Hall–Kier alpha value is -0.340. The molecule has 2 heteroatoms. The van der Waals surface area contributed by atoms with Crippen molar-refractivity contribution in [2.24, 2.45) is 5.73 Å². The number of allylic oxidation sites excluding steroid dienone is 1. The lowest BCUT2D eigenvalue weighted by molar-refractivity contribution is 0.0981. The molecule has 2 rings (SSSR count). The molecule has 2 atom stereocenters. The van der Waals surface area contributed by atoms with Crippen LogP contribution in [-0.4, -0.2) is 18.8 Å². The third-order valence-electron chi connectivity index (χ3n) is 2.87. The second kappa shape index (κ2) is 3.58. The van der Waals surface area contributed by atoms with Gasteiger partial charge in [-0.1, -0.05) is 11.6 Å². The molecular formula is C10H17NO. The molecule has 1 saturated heterocycles. The predicted octanol–water partition coefficient (Wildman–Crippen LogP) is 1.60. The van der Waals surface area contributed by atoms with Crippen LogP contribution in [0, 0.1) is 0 Å². The molecule has 0 amide bonds. The second-order valence-corrected chi connectivity index (χ2v) is 3.75. The largest absolute Gasteiger partial charge is 0.376 e. The van der Waals surface area contributed by atoms with Gasteiger partial charge in [-0.25, -0.2) is 0 Å². The van der Waals surface area contributed by atoms with Gasteiger partial charge in [0.1, 0.15) is 0 Å². The van der Waals surface area contributed by atoms with Crippen molar-refractivity contribution in [2.45, 2.75) is 44.2 Å². The SMILES string of the molecule is NC(C1=CCCC1)C1CCCO1. The first-order valence-electron chi connectivity index (χ1n) is 4.94. The summed E-state index contributed by atoms with van der Waals surface area (Å²) < 4.78 is 5.56. The van der Waals surface area contributed by atoms with E-state index in [-0.39, 0.29) is 6.04 Å². The van der Waals surface area contributed by atoms with Crippen LogP contribution in [-0.2, 0) is 4.74 Å². The van der Waals surface area contributed by atoms with Gasteiger partial charge in [0, 0.05) is 6.61 Å². The van der Waals surface area contributed by atoms with E-state index in [0.717, 1.165) is 13.0 Å². The summed E-state index contributed by atoms with van der Waals surface area (Å²) in [7, 11) is 0. The van der Waals surface area contributed by atoms with Gasteiger partial charge in [0.2, 0.25) is 0 Å². The van der Waals surface area contributed by atoms with Gasteiger partial charge in [0.25, 0.3) is 0 Å². The van der Waals surface area contributed by atoms with Crippen molar-refractivity contribution in [3.05, 3.63) is 11.6 Å². The van der Waals surface area contributed by atoms with E-state index in [9.17, 15) is 0 Å². The van der Waals surface area contributed by atoms with Crippen molar-refractivity contribution in [3.8, 4) is 0 Å². The number of rotatable bonds is 2. The Labute approximate surface area is 73.8 Å². The van der Waals surface area contributed by atoms with Crippen LogP contribution in [0.5, 0.6) is 0 Å². The Morgan fingerprint density at radius 3 is 3.00 bits per heavy atom. The summed E-state index contributed by atoms with van der Waals surface area (Å²) in [5.41, 5.74) is 7.52. The van der Waals surface area contributed by atoms with Gasteiger partial charge in [0.15, 0.2) is 0 Å². The Balaban J connectivity index is 1.93. The molecule has 1 fully saturated rings. The van der Waals surface area contributed by atoms with E-state index in [4.69, 9.17) is 10.5 Å². The standard InChI is InChI=1S/C10H17NO/c11-10(8-4-1-2-5-8)9-6-3-7-12-9/h4,9-10H,1-3,5-7,11H2. The Bertz CT molecular complexity index is 182. The zero-order chi connectivity index (χ0) is 8.39. The highest BCUT2D eigenvalue weighted by atomic mass is 16.5. The molecule has 2 unspecified atom stereocenters. The van der Waals surface area contributed by atoms with Crippen LogP contribution in [0.3, 0.4) is 0 Å². The van der Waals surface area contributed by atoms with E-state index in [1.54, 1.807) is 0 Å². The molecule has 1 aliphatic carbocycles. The van der Waals surface area contributed by atoms with E-state index in [2.05, 4.69) is 6.08 Å². The smallest absolute Gasteiger partial charge is 0.0765 e. The maximum atomic E-state index is 6.09. The van der Waals surface area contributed by atoms with Gasteiger partial charge in [-0.3, -0.25) is 0 Å². The molecule has 0 saturated carbocycles. The average molecular weight is 167 g/mol. The minimum absolute atomic E-state index is 0.190. The molecule has 2 nitrogen and oxygen atoms in total. The van der Waals surface area contributed by atoms with Crippen LogP contribution >= 0.6 is 0 Å². The average Bonchev–Trinajstić information content (AvgIpc) is 2.77. The summed E-state index contributed by atoms with van der Waals surface area (Å²) in [5, 5.41) is 0. The third kappa shape index (κ3) is 1.54. The highest BCUT2D eigenvalue weighted by molar-refractivity contribution is 5.16. The van der Waals surface area contributed by atoms with Crippen molar-refractivity contribution in [1.82, 2.24) is 0 Å². The topological polar surface area (TPSA) is 35.2 Å². The number of hydrogen-bond acceptors (Lipinski definition) is 2. The summed E-state index contributed by atoms with van der Waals surface area (Å²) in [6.45, 7) is 0.908. The summed E-state index contributed by atoms with van der Waals surface area (Å²) >= 11 is 0. The predicted molar refractivity (Wildman–Crippen MR) is 48.9 cm³/mol. The maximum Gasteiger partial charge on any atom is 0.0765 e. The van der Waals surface area contributed by atoms with Gasteiger partial charge in [-0.05, 0) is 32.1 Å². The molecule has 2 N–H and O–H groups in total. The Morgan fingerprint density at radius 1 is 1.50 bits per heavy atom. The summed E-state index contributed by atoms with van der Waals surface area (Å²) in [6, 6.07) is 0.190. The molecule has 0 aromatic rings. The third-order valence-corrected chi connectivity index (χ3v) is 2.87. The first kappa shape index (κ1) is 8.27. The van der Waals surface area contributed by atoms with E-state index in [1.165, 1.54) is 31.3 Å². The van der Waals surface area contributed by atoms with E-state index in [1.807, 2.05) is 0 Å². The van der Waals surface area contributed by atoms with Crippen molar-refractivity contribution in [3.63, 3.8) is 0 Å². The zero-order valence-corrected chi connectivity index (χ0v) is 7.46. The quantitative estimate of drug-likeness (QED) is 0.634. The second-order valence-electron chi connectivity index (χ2n) is 3.75. The Kier molecular flexibility index (Phi) is 2.47.